The van der Waals surface area contributed by atoms with E-state index in [9.17, 15) is 4.79 Å². The number of nitrogens with zero attached hydrogens (tertiary/aromatic N) is 2. The third kappa shape index (κ3) is 2.72. The van der Waals surface area contributed by atoms with Gasteiger partial charge in [0.1, 0.15) is 6.04 Å². The van der Waals surface area contributed by atoms with Crippen molar-refractivity contribution in [1.82, 2.24) is 15.8 Å². The summed E-state index contributed by atoms with van der Waals surface area (Å²) in [6.07, 6.45) is 0.887. The van der Waals surface area contributed by atoms with Crippen molar-refractivity contribution in [1.29, 1.82) is 0 Å². The molecule has 0 aromatic heterocycles. The number of hydrogen-bond acceptors (Lipinski definition) is 4. The molecule has 0 radical (unpaired) electrons. The number of anilines is 1. The van der Waals surface area contributed by atoms with Crippen molar-refractivity contribution in [2.75, 3.05) is 37.6 Å². The molecular formula is C14H20N4O. The van der Waals surface area contributed by atoms with Crippen LogP contribution in [0.5, 0.6) is 0 Å². The highest BCUT2D eigenvalue weighted by Crippen LogP contribution is 2.16. The Hall–Kier alpha value is -1.59. The lowest BCUT2D eigenvalue weighted by atomic mass is 10.2. The topological polar surface area (TPSA) is 47.6 Å². The zero-order chi connectivity index (χ0) is 13.1. The number of nitrogens with one attached hydrogen (secondary N) is 2. The van der Waals surface area contributed by atoms with Gasteiger partial charge >= 0.3 is 0 Å². The van der Waals surface area contributed by atoms with E-state index in [1.54, 1.807) is 0 Å². The minimum Gasteiger partial charge on any atom is -0.368 e. The first-order valence-electron chi connectivity index (χ1n) is 6.92. The quantitative estimate of drug-likeness (QED) is 0.797. The molecule has 1 unspecified atom stereocenters. The van der Waals surface area contributed by atoms with E-state index in [-0.39, 0.29) is 11.9 Å². The summed E-state index contributed by atoms with van der Waals surface area (Å²) >= 11 is 0. The molecule has 1 aromatic carbocycles. The van der Waals surface area contributed by atoms with Crippen molar-refractivity contribution in [2.24, 2.45) is 0 Å². The second kappa shape index (κ2) is 5.59. The van der Waals surface area contributed by atoms with Crippen LogP contribution in [0.4, 0.5) is 5.69 Å². The van der Waals surface area contributed by atoms with Crippen LogP contribution in [-0.4, -0.2) is 49.6 Å². The van der Waals surface area contributed by atoms with Crippen molar-refractivity contribution < 1.29 is 4.79 Å². The van der Waals surface area contributed by atoms with E-state index in [0.717, 1.165) is 39.1 Å². The molecule has 0 spiro atoms. The molecule has 2 N–H and O–H groups in total. The molecular weight excluding hydrogens is 240 g/mol. The molecule has 1 amide bonds. The van der Waals surface area contributed by atoms with Gasteiger partial charge in [0.25, 0.3) is 0 Å². The fraction of sp³-hybridized carbons (Fsp3) is 0.500. The van der Waals surface area contributed by atoms with E-state index < -0.39 is 0 Å². The number of amides is 1. The molecule has 3 rings (SSSR count). The minimum absolute atomic E-state index is 0.0386. The van der Waals surface area contributed by atoms with Gasteiger partial charge in [0.2, 0.25) is 5.91 Å². The number of para-hydroxylation sites is 1. The van der Waals surface area contributed by atoms with Crippen LogP contribution in [0.3, 0.4) is 0 Å². The Bertz CT molecular complexity index is 422. The van der Waals surface area contributed by atoms with E-state index in [2.05, 4.69) is 40.0 Å². The Morgan fingerprint density at radius 1 is 1.11 bits per heavy atom. The van der Waals surface area contributed by atoms with Crippen molar-refractivity contribution in [2.45, 2.75) is 12.5 Å². The number of hydrazine groups is 1. The average Bonchev–Trinajstić information content (AvgIpc) is 3.02. The molecule has 0 bridgehead atoms. The highest BCUT2D eigenvalue weighted by molar-refractivity contribution is 5.82. The Morgan fingerprint density at radius 2 is 1.84 bits per heavy atom. The molecule has 2 fully saturated rings. The largest absolute Gasteiger partial charge is 0.368 e. The first-order chi connectivity index (χ1) is 9.34. The fourth-order valence-corrected chi connectivity index (χ4v) is 2.71. The molecule has 2 saturated heterocycles. The van der Waals surface area contributed by atoms with E-state index in [0.29, 0.717) is 0 Å². The average molecular weight is 260 g/mol. The first-order valence-corrected chi connectivity index (χ1v) is 6.92. The van der Waals surface area contributed by atoms with Crippen LogP contribution < -0.4 is 15.8 Å². The van der Waals surface area contributed by atoms with Crippen molar-refractivity contribution >= 4 is 11.6 Å². The van der Waals surface area contributed by atoms with Gasteiger partial charge in [0, 0.05) is 38.4 Å². The van der Waals surface area contributed by atoms with Crippen LogP contribution in [0.1, 0.15) is 6.42 Å². The van der Waals surface area contributed by atoms with Gasteiger partial charge in [-0.05, 0) is 18.6 Å². The smallest absolute Gasteiger partial charge is 0.241 e. The van der Waals surface area contributed by atoms with Crippen molar-refractivity contribution in [3.63, 3.8) is 0 Å². The summed E-state index contributed by atoms with van der Waals surface area (Å²) in [6.45, 7) is 4.32. The Balaban J connectivity index is 1.56. The molecule has 2 aliphatic rings. The molecule has 5 nitrogen and oxygen atoms in total. The number of carbonyl (C=O) groups excluding carboxylic acids is 1. The number of benzene rings is 1. The standard InChI is InChI=1S/C14H20N4O/c19-14(13-6-7-15-16-13)18-10-8-17(9-11-18)12-4-2-1-3-5-12/h1-5,13,15-16H,6-11H2. The van der Waals surface area contributed by atoms with E-state index in [4.69, 9.17) is 0 Å². The predicted octanol–water partition coefficient (Wildman–Crippen LogP) is 0.202. The third-order valence-electron chi connectivity index (χ3n) is 3.85. The summed E-state index contributed by atoms with van der Waals surface area (Å²) in [7, 11) is 0. The Labute approximate surface area is 113 Å². The molecule has 2 heterocycles. The van der Waals surface area contributed by atoms with Gasteiger partial charge in [0.15, 0.2) is 0 Å². The molecule has 19 heavy (non-hydrogen) atoms. The van der Waals surface area contributed by atoms with Crippen LogP contribution in [-0.2, 0) is 4.79 Å². The van der Waals surface area contributed by atoms with Crippen LogP contribution in [0.25, 0.3) is 0 Å². The van der Waals surface area contributed by atoms with Crippen molar-refractivity contribution in [3.05, 3.63) is 30.3 Å². The summed E-state index contributed by atoms with van der Waals surface area (Å²) in [5.74, 6) is 0.234. The number of carbonyl (C=O) groups is 1. The van der Waals surface area contributed by atoms with Crippen molar-refractivity contribution in [3.8, 4) is 0 Å². The van der Waals surface area contributed by atoms with Crippen LogP contribution in [0, 0.1) is 0 Å². The maximum absolute atomic E-state index is 12.2. The van der Waals surface area contributed by atoms with E-state index >= 15 is 0 Å². The van der Waals surface area contributed by atoms with Gasteiger partial charge in [-0.3, -0.25) is 10.2 Å². The summed E-state index contributed by atoms with van der Waals surface area (Å²) in [5, 5.41) is 0. The van der Waals surface area contributed by atoms with E-state index in [1.807, 2.05) is 11.0 Å². The van der Waals surface area contributed by atoms with Gasteiger partial charge in [-0.25, -0.2) is 5.43 Å². The van der Waals surface area contributed by atoms with Crippen LogP contribution >= 0.6 is 0 Å². The summed E-state index contributed by atoms with van der Waals surface area (Å²) in [4.78, 5) is 16.6. The zero-order valence-corrected chi connectivity index (χ0v) is 11.0. The first kappa shape index (κ1) is 12.4. The molecule has 2 aliphatic heterocycles. The number of rotatable bonds is 2. The maximum atomic E-state index is 12.2. The second-order valence-electron chi connectivity index (χ2n) is 5.06. The lowest BCUT2D eigenvalue weighted by Gasteiger charge is -2.37. The van der Waals surface area contributed by atoms with Gasteiger partial charge in [0.05, 0.1) is 0 Å². The highest BCUT2D eigenvalue weighted by Gasteiger charge is 2.29. The molecule has 1 atom stereocenters. The molecule has 5 heteroatoms. The number of piperazine rings is 1. The zero-order valence-electron chi connectivity index (χ0n) is 11.0. The molecule has 0 aliphatic carbocycles. The Morgan fingerprint density at radius 3 is 2.47 bits per heavy atom. The van der Waals surface area contributed by atoms with Gasteiger partial charge < -0.3 is 9.80 Å². The lowest BCUT2D eigenvalue weighted by Crippen LogP contribution is -2.53. The summed E-state index contributed by atoms with van der Waals surface area (Å²) < 4.78 is 0. The van der Waals surface area contributed by atoms with Gasteiger partial charge in [-0.2, -0.15) is 0 Å². The van der Waals surface area contributed by atoms with E-state index in [1.165, 1.54) is 5.69 Å². The normalized spacial score (nSPS) is 23.7. The lowest BCUT2D eigenvalue weighted by molar-refractivity contribution is -0.133. The summed E-state index contributed by atoms with van der Waals surface area (Å²) in [5.41, 5.74) is 7.31. The predicted molar refractivity (Wildman–Crippen MR) is 74.8 cm³/mol. The third-order valence-corrected chi connectivity index (χ3v) is 3.85. The molecule has 1 aromatic rings. The molecule has 102 valence electrons. The van der Waals surface area contributed by atoms with Crippen LogP contribution in [0.2, 0.25) is 0 Å². The summed E-state index contributed by atoms with van der Waals surface area (Å²) in [6, 6.07) is 10.4. The second-order valence-corrected chi connectivity index (χ2v) is 5.06. The van der Waals surface area contributed by atoms with Gasteiger partial charge in [-0.15, -0.1) is 0 Å². The van der Waals surface area contributed by atoms with Gasteiger partial charge in [-0.1, -0.05) is 18.2 Å². The number of hydrogen-bond donors (Lipinski definition) is 2. The maximum Gasteiger partial charge on any atom is 0.241 e. The SMILES string of the molecule is O=C(C1CCNN1)N1CCN(c2ccccc2)CC1. The Kier molecular flexibility index (Phi) is 3.66. The molecule has 0 saturated carbocycles. The minimum atomic E-state index is -0.0386. The highest BCUT2D eigenvalue weighted by atomic mass is 16.2. The monoisotopic (exact) mass is 260 g/mol. The fourth-order valence-electron chi connectivity index (χ4n) is 2.71. The van der Waals surface area contributed by atoms with Crippen LogP contribution in [0.15, 0.2) is 30.3 Å².